The molecule has 0 bridgehead atoms. The van der Waals surface area contributed by atoms with Gasteiger partial charge in [0, 0.05) is 21.2 Å². The van der Waals surface area contributed by atoms with E-state index in [-0.39, 0.29) is 11.3 Å². The summed E-state index contributed by atoms with van der Waals surface area (Å²) in [5.41, 5.74) is 0.990. The van der Waals surface area contributed by atoms with E-state index in [0.29, 0.717) is 28.6 Å². The molecular weight excluding hydrogens is 422 g/mol. The fourth-order valence-electron chi connectivity index (χ4n) is 3.47. The molecule has 0 aliphatic carbocycles. The number of amides is 1. The molecule has 2 heterocycles. The lowest BCUT2D eigenvalue weighted by Crippen LogP contribution is -2.29. The Morgan fingerprint density at radius 3 is 2.57 bits per heavy atom. The molecule has 1 aliphatic rings. The summed E-state index contributed by atoms with van der Waals surface area (Å²) in [6.45, 7) is 2.33. The van der Waals surface area contributed by atoms with Crippen molar-refractivity contribution in [3.8, 4) is 5.75 Å². The predicted octanol–water partition coefficient (Wildman–Crippen LogP) is 5.43. The van der Waals surface area contributed by atoms with Crippen molar-refractivity contribution in [2.24, 2.45) is 0 Å². The molecule has 7 heteroatoms. The average Bonchev–Trinajstić information content (AvgIpc) is 3.36. The van der Waals surface area contributed by atoms with Gasteiger partial charge in [-0.2, -0.15) is 0 Å². The smallest absolute Gasteiger partial charge is 0.300 e. The van der Waals surface area contributed by atoms with Crippen LogP contribution in [0.5, 0.6) is 5.75 Å². The molecule has 4 rings (SSSR count). The van der Waals surface area contributed by atoms with Crippen LogP contribution in [-0.4, -0.2) is 23.4 Å². The first-order valence-corrected chi connectivity index (χ1v) is 10.6. The number of thiophene rings is 1. The van der Waals surface area contributed by atoms with Gasteiger partial charge >= 0.3 is 0 Å². The van der Waals surface area contributed by atoms with Gasteiger partial charge < -0.3 is 9.84 Å². The van der Waals surface area contributed by atoms with E-state index >= 15 is 0 Å². The highest BCUT2D eigenvalue weighted by Crippen LogP contribution is 2.43. The lowest BCUT2D eigenvalue weighted by Gasteiger charge is -2.24. The Hall–Kier alpha value is -3.09. The zero-order chi connectivity index (χ0) is 21.3. The molecule has 152 valence electrons. The van der Waals surface area contributed by atoms with Gasteiger partial charge in [-0.1, -0.05) is 29.8 Å². The molecule has 1 unspecified atom stereocenters. The number of Topliss-reactive ketones (excluding diaryl/α,β-unsaturated/α-hetero) is 1. The Balaban J connectivity index is 1.88. The molecule has 5 nitrogen and oxygen atoms in total. The lowest BCUT2D eigenvalue weighted by molar-refractivity contribution is -0.132. The molecule has 1 aromatic heterocycles. The Kier molecular flexibility index (Phi) is 5.61. The monoisotopic (exact) mass is 439 g/mol. The van der Waals surface area contributed by atoms with Gasteiger partial charge in [0.15, 0.2) is 0 Å². The number of aliphatic hydroxyl groups is 1. The average molecular weight is 440 g/mol. The van der Waals surface area contributed by atoms with Crippen molar-refractivity contribution in [1.82, 2.24) is 0 Å². The van der Waals surface area contributed by atoms with E-state index in [2.05, 4.69) is 0 Å². The number of anilines is 1. The van der Waals surface area contributed by atoms with Gasteiger partial charge in [0.25, 0.3) is 11.7 Å². The number of aliphatic hydroxyl groups excluding tert-OH is 1. The van der Waals surface area contributed by atoms with Gasteiger partial charge in [-0.05, 0) is 54.8 Å². The quantitative estimate of drug-likeness (QED) is 0.327. The van der Waals surface area contributed by atoms with E-state index in [1.54, 1.807) is 48.5 Å². The number of hydrogen-bond donors (Lipinski definition) is 1. The maximum absolute atomic E-state index is 13.0. The largest absolute Gasteiger partial charge is 0.507 e. The molecule has 1 saturated heterocycles. The number of halogens is 1. The summed E-state index contributed by atoms with van der Waals surface area (Å²) in [5, 5.41) is 13.5. The topological polar surface area (TPSA) is 66.8 Å². The van der Waals surface area contributed by atoms with Gasteiger partial charge in [0.05, 0.1) is 12.2 Å². The molecule has 1 N–H and O–H groups in total. The van der Waals surface area contributed by atoms with Crippen molar-refractivity contribution in [3.63, 3.8) is 0 Å². The predicted molar refractivity (Wildman–Crippen MR) is 118 cm³/mol. The minimum absolute atomic E-state index is 0.0473. The minimum atomic E-state index is -0.734. The van der Waals surface area contributed by atoms with Crippen LogP contribution in [0, 0.1) is 0 Å². The van der Waals surface area contributed by atoms with E-state index in [1.165, 1.54) is 16.2 Å². The third-order valence-electron chi connectivity index (χ3n) is 4.78. The van der Waals surface area contributed by atoms with Gasteiger partial charge in [-0.3, -0.25) is 14.5 Å². The number of rotatable bonds is 5. The molecule has 0 saturated carbocycles. The first-order valence-electron chi connectivity index (χ1n) is 9.34. The fourth-order valence-corrected chi connectivity index (χ4v) is 4.42. The first-order chi connectivity index (χ1) is 14.5. The van der Waals surface area contributed by atoms with Crippen molar-refractivity contribution in [1.29, 1.82) is 0 Å². The van der Waals surface area contributed by atoms with Gasteiger partial charge in [0.2, 0.25) is 0 Å². The third kappa shape index (κ3) is 3.60. The summed E-state index contributed by atoms with van der Waals surface area (Å²) < 4.78 is 5.50. The number of carbonyl (C=O) groups excluding carboxylic acids is 2. The molecule has 1 atom stereocenters. The van der Waals surface area contributed by atoms with Crippen LogP contribution in [0.25, 0.3) is 5.76 Å². The van der Waals surface area contributed by atoms with Crippen molar-refractivity contribution in [2.75, 3.05) is 11.5 Å². The normalized spacial score (nSPS) is 18.1. The van der Waals surface area contributed by atoms with Gasteiger partial charge in [-0.15, -0.1) is 11.3 Å². The minimum Gasteiger partial charge on any atom is -0.507 e. The van der Waals surface area contributed by atoms with Crippen LogP contribution in [0.1, 0.15) is 23.4 Å². The highest BCUT2D eigenvalue weighted by Gasteiger charge is 2.47. The van der Waals surface area contributed by atoms with Crippen LogP contribution >= 0.6 is 22.9 Å². The highest BCUT2D eigenvalue weighted by atomic mass is 35.5. The highest BCUT2D eigenvalue weighted by molar-refractivity contribution is 7.10. The van der Waals surface area contributed by atoms with Crippen LogP contribution in [0.4, 0.5) is 5.69 Å². The molecule has 0 spiro atoms. The van der Waals surface area contributed by atoms with Crippen molar-refractivity contribution in [2.45, 2.75) is 13.0 Å². The molecule has 1 amide bonds. The van der Waals surface area contributed by atoms with Crippen LogP contribution in [0.15, 0.2) is 71.6 Å². The standard InChI is InChI=1S/C23H18ClNO4S/c1-2-29-17-6-3-5-14(13-17)21(26)19-20(18-7-4-12-30-18)25(23(28)22(19)27)16-10-8-15(24)9-11-16/h3-13,20,26H,2H2,1H3/b21-19-. The van der Waals surface area contributed by atoms with Crippen LogP contribution in [0.2, 0.25) is 5.02 Å². The van der Waals surface area contributed by atoms with E-state index in [1.807, 2.05) is 24.4 Å². The molecule has 3 aromatic rings. The zero-order valence-corrected chi connectivity index (χ0v) is 17.6. The second-order valence-electron chi connectivity index (χ2n) is 6.62. The summed E-state index contributed by atoms with van der Waals surface area (Å²) in [4.78, 5) is 28.2. The molecule has 0 radical (unpaired) electrons. The molecular formula is C23H18ClNO4S. The first kappa shape index (κ1) is 20.2. The van der Waals surface area contributed by atoms with Gasteiger partial charge in [-0.25, -0.2) is 0 Å². The second kappa shape index (κ2) is 8.34. The van der Waals surface area contributed by atoms with Crippen molar-refractivity contribution < 1.29 is 19.4 Å². The molecule has 1 aliphatic heterocycles. The Morgan fingerprint density at radius 1 is 1.13 bits per heavy atom. The van der Waals surface area contributed by atoms with E-state index < -0.39 is 17.7 Å². The number of hydrogen-bond acceptors (Lipinski definition) is 5. The van der Waals surface area contributed by atoms with Crippen molar-refractivity contribution in [3.05, 3.63) is 87.1 Å². The van der Waals surface area contributed by atoms with Crippen LogP contribution in [0.3, 0.4) is 0 Å². The zero-order valence-electron chi connectivity index (χ0n) is 16.0. The summed E-state index contributed by atoms with van der Waals surface area (Å²) in [6, 6.07) is 16.5. The van der Waals surface area contributed by atoms with Crippen molar-refractivity contribution >= 4 is 46.1 Å². The summed E-state index contributed by atoms with van der Waals surface area (Å²) in [7, 11) is 0. The van der Waals surface area contributed by atoms with E-state index in [4.69, 9.17) is 16.3 Å². The number of ketones is 1. The number of carbonyl (C=O) groups is 2. The second-order valence-corrected chi connectivity index (χ2v) is 8.04. The molecule has 30 heavy (non-hydrogen) atoms. The molecule has 1 fully saturated rings. The third-order valence-corrected chi connectivity index (χ3v) is 5.96. The lowest BCUT2D eigenvalue weighted by atomic mass is 9.99. The number of benzene rings is 2. The number of nitrogens with zero attached hydrogens (tertiary/aromatic N) is 1. The fraction of sp³-hybridized carbons (Fsp3) is 0.130. The summed E-state index contributed by atoms with van der Waals surface area (Å²) in [5.74, 6) is -1.09. The SMILES string of the molecule is CCOc1cccc(/C(O)=C2/C(=O)C(=O)N(c3ccc(Cl)cc3)C2c2cccs2)c1. The number of ether oxygens (including phenoxy) is 1. The molecule has 2 aromatic carbocycles. The van der Waals surface area contributed by atoms with Gasteiger partial charge in [0.1, 0.15) is 17.6 Å². The maximum Gasteiger partial charge on any atom is 0.300 e. The van der Waals surface area contributed by atoms with E-state index in [9.17, 15) is 14.7 Å². The maximum atomic E-state index is 13.0. The van der Waals surface area contributed by atoms with Crippen LogP contribution < -0.4 is 9.64 Å². The Bertz CT molecular complexity index is 1120. The Morgan fingerprint density at radius 2 is 1.90 bits per heavy atom. The summed E-state index contributed by atoms with van der Waals surface area (Å²) >= 11 is 7.40. The van der Waals surface area contributed by atoms with E-state index in [0.717, 1.165) is 4.88 Å². The van der Waals surface area contributed by atoms with Crippen LogP contribution in [-0.2, 0) is 9.59 Å². The summed E-state index contributed by atoms with van der Waals surface area (Å²) in [6.07, 6.45) is 0. The Labute approximate surface area is 182 Å².